The van der Waals surface area contributed by atoms with Crippen molar-refractivity contribution in [2.24, 2.45) is 0 Å². The third-order valence-corrected chi connectivity index (χ3v) is 13.3. The summed E-state index contributed by atoms with van der Waals surface area (Å²) in [5.41, 5.74) is 1.91. The predicted molar refractivity (Wildman–Crippen MR) is 176 cm³/mol. The first kappa shape index (κ1) is 31.6. The van der Waals surface area contributed by atoms with E-state index in [2.05, 4.69) is 0 Å². The molecule has 0 spiro atoms. The van der Waals surface area contributed by atoms with Crippen LogP contribution >= 0.6 is 23.5 Å². The monoisotopic (exact) mass is 666 g/mol. The van der Waals surface area contributed by atoms with Gasteiger partial charge in [0, 0.05) is 23.9 Å². The van der Waals surface area contributed by atoms with Crippen molar-refractivity contribution in [1.29, 1.82) is 0 Å². The van der Waals surface area contributed by atoms with Crippen molar-refractivity contribution in [3.8, 4) is 11.5 Å². The summed E-state index contributed by atoms with van der Waals surface area (Å²) in [5.74, 6) is 1.29. The third-order valence-electron chi connectivity index (χ3n) is 6.81. The average Bonchev–Trinajstić information content (AvgIpc) is 3.03. The molecule has 0 saturated heterocycles. The lowest BCUT2D eigenvalue weighted by Gasteiger charge is -2.28. The van der Waals surface area contributed by atoms with E-state index >= 15 is 0 Å². The summed E-state index contributed by atoms with van der Waals surface area (Å²) in [4.78, 5) is 1.98. The minimum Gasteiger partial charge on any atom is -0.497 e. The van der Waals surface area contributed by atoms with E-state index in [0.29, 0.717) is 41.1 Å². The lowest BCUT2D eigenvalue weighted by atomic mass is 10.2. The van der Waals surface area contributed by atoms with Crippen LogP contribution in [0.15, 0.2) is 127 Å². The summed E-state index contributed by atoms with van der Waals surface area (Å²) in [6.07, 6.45) is 3.73. The minimum absolute atomic E-state index is 0.311. The van der Waals surface area contributed by atoms with Gasteiger partial charge in [-0.3, -0.25) is 8.61 Å². The van der Waals surface area contributed by atoms with Crippen molar-refractivity contribution in [2.75, 3.05) is 28.3 Å². The van der Waals surface area contributed by atoms with E-state index in [4.69, 9.17) is 9.47 Å². The molecule has 0 aromatic heterocycles. The zero-order valence-electron chi connectivity index (χ0n) is 24.4. The van der Waals surface area contributed by atoms with Crippen LogP contribution in [0.2, 0.25) is 0 Å². The maximum absolute atomic E-state index is 12.6. The Balaban J connectivity index is 0.000000175. The van der Waals surface area contributed by atoms with Gasteiger partial charge in [-0.15, -0.1) is 0 Å². The first-order valence-corrected chi connectivity index (χ1v) is 17.8. The fourth-order valence-electron chi connectivity index (χ4n) is 4.33. The van der Waals surface area contributed by atoms with E-state index in [1.165, 1.54) is 32.1 Å². The molecule has 0 N–H and O–H groups in total. The van der Waals surface area contributed by atoms with Gasteiger partial charge in [0.25, 0.3) is 20.0 Å². The zero-order valence-corrected chi connectivity index (χ0v) is 27.6. The predicted octanol–water partition coefficient (Wildman–Crippen LogP) is 6.84. The quantitative estimate of drug-likeness (QED) is 0.234. The topological polar surface area (TPSA) is 93.2 Å². The lowest BCUT2D eigenvalue weighted by Crippen LogP contribution is -2.28. The Hall–Kier alpha value is -3.84. The summed E-state index contributed by atoms with van der Waals surface area (Å²) < 4.78 is 63.6. The van der Waals surface area contributed by atoms with E-state index in [1.54, 1.807) is 64.7 Å². The van der Waals surface area contributed by atoms with Gasteiger partial charge in [-0.2, -0.15) is 0 Å². The minimum atomic E-state index is -3.53. The van der Waals surface area contributed by atoms with Crippen LogP contribution in [0.3, 0.4) is 0 Å². The molecule has 8 nitrogen and oxygen atoms in total. The van der Waals surface area contributed by atoms with Crippen molar-refractivity contribution in [3.63, 3.8) is 0 Å². The molecule has 0 unspecified atom stereocenters. The molecular weight excluding hydrogens is 637 g/mol. The molecular formula is C32H30N2O6S4. The Labute approximate surface area is 267 Å². The highest BCUT2D eigenvalue weighted by Gasteiger charge is 2.33. The van der Waals surface area contributed by atoms with Crippen LogP contribution in [-0.4, -0.2) is 53.8 Å². The fourth-order valence-corrected chi connectivity index (χ4v) is 10.1. The number of fused-ring (bicyclic) bond motifs is 2. The molecule has 0 radical (unpaired) electrons. The Bertz CT molecular complexity index is 1800. The highest BCUT2D eigenvalue weighted by Crippen LogP contribution is 2.45. The number of nitrogens with zero attached hydrogens (tertiary/aromatic N) is 2. The Kier molecular flexibility index (Phi) is 9.35. The second kappa shape index (κ2) is 13.0. The molecule has 4 aromatic rings. The zero-order chi connectivity index (χ0) is 31.5. The molecule has 0 atom stereocenters. The van der Waals surface area contributed by atoms with Crippen LogP contribution in [-0.2, 0) is 20.0 Å². The van der Waals surface area contributed by atoms with Gasteiger partial charge >= 0.3 is 0 Å². The van der Waals surface area contributed by atoms with Crippen molar-refractivity contribution < 1.29 is 26.3 Å². The SMILES string of the molecule is COc1ccc2c(c1)S/C(=C\c1ccccc1)N(C)S2(=O)=O.COc1ccc2c(c1)S/C(=C\c1ccccc1)N(C)S2(=O)=O. The van der Waals surface area contributed by atoms with Gasteiger partial charge in [-0.1, -0.05) is 84.2 Å². The molecule has 12 heteroatoms. The lowest BCUT2D eigenvalue weighted by molar-refractivity contribution is 0.412. The van der Waals surface area contributed by atoms with Crippen LogP contribution in [0.25, 0.3) is 12.2 Å². The Morgan fingerprint density at radius 1 is 0.568 bits per heavy atom. The molecule has 0 aliphatic carbocycles. The Morgan fingerprint density at radius 3 is 1.27 bits per heavy atom. The second-order valence-corrected chi connectivity index (χ2v) is 15.6. The number of thioether (sulfide) groups is 2. The molecule has 2 aliphatic rings. The molecule has 0 saturated carbocycles. The first-order chi connectivity index (χ1) is 21.0. The van der Waals surface area contributed by atoms with E-state index in [1.807, 2.05) is 72.8 Å². The van der Waals surface area contributed by atoms with Crippen molar-refractivity contribution in [3.05, 3.63) is 118 Å². The van der Waals surface area contributed by atoms with E-state index < -0.39 is 20.0 Å². The molecule has 0 bridgehead atoms. The van der Waals surface area contributed by atoms with E-state index in [-0.39, 0.29) is 0 Å². The standard InChI is InChI=1S/2C16H15NO3S2/c2*1-17-16(10-12-6-4-3-5-7-12)21-14-11-13(20-2)8-9-15(14)22(17,18)19/h2*3-11H,1-2H3/b2*16-10-. The molecule has 228 valence electrons. The molecule has 44 heavy (non-hydrogen) atoms. The summed E-state index contributed by atoms with van der Waals surface area (Å²) >= 11 is 2.84. The second-order valence-electron chi connectivity index (χ2n) is 9.56. The molecule has 4 aromatic carbocycles. The maximum Gasteiger partial charge on any atom is 0.265 e. The summed E-state index contributed by atoms with van der Waals surface area (Å²) in [6, 6.07) is 29.3. The van der Waals surface area contributed by atoms with E-state index in [9.17, 15) is 16.8 Å². The van der Waals surface area contributed by atoms with Gasteiger partial charge in [0.2, 0.25) is 0 Å². The number of ether oxygens (including phenoxy) is 2. The van der Waals surface area contributed by atoms with Gasteiger partial charge in [-0.25, -0.2) is 16.8 Å². The molecule has 2 heterocycles. The molecule has 6 rings (SSSR count). The van der Waals surface area contributed by atoms with Crippen molar-refractivity contribution in [2.45, 2.75) is 19.6 Å². The van der Waals surface area contributed by atoms with E-state index in [0.717, 1.165) is 11.1 Å². The van der Waals surface area contributed by atoms with Crippen LogP contribution in [0.5, 0.6) is 11.5 Å². The smallest absolute Gasteiger partial charge is 0.265 e. The number of methoxy groups -OCH3 is 2. The number of sulfonamides is 2. The molecule has 0 fully saturated rings. The van der Waals surface area contributed by atoms with Crippen molar-refractivity contribution in [1.82, 2.24) is 8.61 Å². The van der Waals surface area contributed by atoms with Gasteiger partial charge in [-0.05, 0) is 59.7 Å². The summed E-state index contributed by atoms with van der Waals surface area (Å²) in [5, 5.41) is 1.32. The number of hydrogen-bond acceptors (Lipinski definition) is 8. The number of benzene rings is 4. The average molecular weight is 667 g/mol. The van der Waals surface area contributed by atoms with Gasteiger partial charge in [0.05, 0.1) is 24.3 Å². The maximum atomic E-state index is 12.6. The van der Waals surface area contributed by atoms with Crippen LogP contribution in [0, 0.1) is 0 Å². The number of rotatable bonds is 4. The molecule has 2 aliphatic heterocycles. The summed E-state index contributed by atoms with van der Waals surface area (Å²) in [7, 11) is -0.773. The van der Waals surface area contributed by atoms with Crippen LogP contribution in [0.1, 0.15) is 11.1 Å². The Morgan fingerprint density at radius 2 is 0.932 bits per heavy atom. The normalized spacial score (nSPS) is 18.1. The van der Waals surface area contributed by atoms with Crippen LogP contribution in [0.4, 0.5) is 0 Å². The van der Waals surface area contributed by atoms with Gasteiger partial charge in [0.15, 0.2) is 0 Å². The van der Waals surface area contributed by atoms with Gasteiger partial charge < -0.3 is 9.47 Å². The van der Waals surface area contributed by atoms with Crippen LogP contribution < -0.4 is 9.47 Å². The number of hydrogen-bond donors (Lipinski definition) is 0. The molecule has 0 amide bonds. The highest BCUT2D eigenvalue weighted by molar-refractivity contribution is 8.06. The fraction of sp³-hybridized carbons (Fsp3) is 0.125. The van der Waals surface area contributed by atoms with Crippen molar-refractivity contribution >= 4 is 55.7 Å². The first-order valence-electron chi connectivity index (χ1n) is 13.3. The largest absolute Gasteiger partial charge is 0.497 e. The third kappa shape index (κ3) is 6.48. The summed E-state index contributed by atoms with van der Waals surface area (Å²) in [6.45, 7) is 0. The van der Waals surface area contributed by atoms with Gasteiger partial charge in [0.1, 0.15) is 21.3 Å². The highest BCUT2D eigenvalue weighted by atomic mass is 32.2.